The molecular weight excluding hydrogens is 366 g/mol. The van der Waals surface area contributed by atoms with Crippen LogP contribution in [-0.4, -0.2) is 63.6 Å². The van der Waals surface area contributed by atoms with E-state index in [1.54, 1.807) is 24.1 Å². The largest absolute Gasteiger partial charge is 0.354 e. The van der Waals surface area contributed by atoms with Crippen LogP contribution in [0.5, 0.6) is 0 Å². The number of likely N-dealkylation sites (tertiary alicyclic amines) is 2. The third kappa shape index (κ3) is 3.92. The van der Waals surface area contributed by atoms with Crippen LogP contribution in [-0.2, 0) is 18.4 Å². The first-order chi connectivity index (χ1) is 13.9. The van der Waals surface area contributed by atoms with Crippen molar-refractivity contribution in [2.75, 3.05) is 26.2 Å². The molecule has 0 radical (unpaired) electrons. The molecule has 1 atom stereocenters. The number of nitrogens with zero attached hydrogens (tertiary/aromatic N) is 4. The zero-order valence-corrected chi connectivity index (χ0v) is 17.3. The third-order valence-corrected chi connectivity index (χ3v) is 5.97. The van der Waals surface area contributed by atoms with Crippen LogP contribution < -0.4 is 5.32 Å². The molecule has 7 heteroatoms. The van der Waals surface area contributed by atoms with Gasteiger partial charge in [0.25, 0.3) is 5.91 Å². The van der Waals surface area contributed by atoms with Crippen LogP contribution in [0.1, 0.15) is 29.8 Å². The quantitative estimate of drug-likeness (QED) is 0.833. The molecule has 1 N–H and O–H groups in total. The second-order valence-electron chi connectivity index (χ2n) is 8.80. The molecule has 7 nitrogen and oxygen atoms in total. The molecule has 1 aromatic carbocycles. The van der Waals surface area contributed by atoms with Crippen LogP contribution in [0.4, 0.5) is 0 Å². The molecule has 0 aliphatic carbocycles. The maximum atomic E-state index is 13.0. The van der Waals surface area contributed by atoms with E-state index in [4.69, 9.17) is 0 Å². The highest BCUT2D eigenvalue weighted by molar-refractivity contribution is 5.94. The third-order valence-electron chi connectivity index (χ3n) is 5.97. The zero-order valence-electron chi connectivity index (χ0n) is 17.3. The second kappa shape index (κ2) is 7.63. The number of benzene rings is 1. The predicted molar refractivity (Wildman–Crippen MR) is 110 cm³/mol. The van der Waals surface area contributed by atoms with E-state index in [9.17, 15) is 9.59 Å². The van der Waals surface area contributed by atoms with Crippen molar-refractivity contribution in [3.8, 4) is 0 Å². The second-order valence-corrected chi connectivity index (χ2v) is 8.80. The van der Waals surface area contributed by atoms with Gasteiger partial charge in [-0.2, -0.15) is 5.10 Å². The summed E-state index contributed by atoms with van der Waals surface area (Å²) in [6.07, 6.45) is 3.35. The molecule has 3 heterocycles. The fourth-order valence-electron chi connectivity index (χ4n) is 4.67. The molecule has 29 heavy (non-hydrogen) atoms. The number of carbonyl (C=O) groups excluding carboxylic acids is 2. The number of rotatable bonds is 5. The fourth-order valence-corrected chi connectivity index (χ4v) is 4.67. The van der Waals surface area contributed by atoms with Gasteiger partial charge in [0.1, 0.15) is 0 Å². The van der Waals surface area contributed by atoms with Crippen LogP contribution in [0.15, 0.2) is 42.7 Å². The maximum absolute atomic E-state index is 13.0. The molecule has 2 aliphatic heterocycles. The topological polar surface area (TPSA) is 70.5 Å². The van der Waals surface area contributed by atoms with Crippen LogP contribution in [0, 0.1) is 11.3 Å². The van der Waals surface area contributed by atoms with Gasteiger partial charge in [0.2, 0.25) is 5.91 Å². The smallest absolute Gasteiger partial charge is 0.257 e. The van der Waals surface area contributed by atoms with Crippen molar-refractivity contribution >= 4 is 11.8 Å². The van der Waals surface area contributed by atoms with Gasteiger partial charge in [0.05, 0.1) is 17.7 Å². The van der Waals surface area contributed by atoms with Crippen molar-refractivity contribution in [1.82, 2.24) is 24.9 Å². The first kappa shape index (κ1) is 19.6. The minimum absolute atomic E-state index is 0.00625. The average molecular weight is 396 g/mol. The Labute approximate surface area is 171 Å². The Morgan fingerprint density at radius 2 is 1.93 bits per heavy atom. The number of hydrogen-bond donors (Lipinski definition) is 1. The lowest BCUT2D eigenvalue weighted by Crippen LogP contribution is -2.64. The normalized spacial score (nSPS) is 20.8. The summed E-state index contributed by atoms with van der Waals surface area (Å²) in [5.41, 5.74) is 1.67. The van der Waals surface area contributed by atoms with Crippen molar-refractivity contribution < 1.29 is 9.59 Å². The number of aryl methyl sites for hydroxylation is 1. The number of nitrogens with one attached hydrogen (secondary N) is 1. The lowest BCUT2D eigenvalue weighted by Gasteiger charge is -2.50. The van der Waals surface area contributed by atoms with E-state index in [1.807, 2.05) is 36.9 Å². The summed E-state index contributed by atoms with van der Waals surface area (Å²) >= 11 is 0. The van der Waals surface area contributed by atoms with Crippen molar-refractivity contribution in [2.45, 2.75) is 26.4 Å². The molecule has 0 bridgehead atoms. The van der Waals surface area contributed by atoms with E-state index in [2.05, 4.69) is 27.4 Å². The Kier molecular flexibility index (Phi) is 5.17. The lowest BCUT2D eigenvalue weighted by molar-refractivity contribution is -0.131. The first-order valence-electron chi connectivity index (χ1n) is 10.2. The average Bonchev–Trinajstić information content (AvgIpc) is 3.24. The SMILES string of the molecule is CC(C)NC(=O)C1CN(Cc2ccccc2)CC12CN(C(=O)c1cnn(C)c1)C2. The fraction of sp³-hybridized carbons (Fsp3) is 0.500. The Morgan fingerprint density at radius 3 is 2.55 bits per heavy atom. The van der Waals surface area contributed by atoms with E-state index < -0.39 is 0 Å². The van der Waals surface area contributed by atoms with Crippen LogP contribution >= 0.6 is 0 Å². The summed E-state index contributed by atoms with van der Waals surface area (Å²) in [5, 5.41) is 7.19. The standard InChI is InChI=1S/C22H29N5O2/c1-16(2)24-20(28)19-12-26(10-17-7-5-4-6-8-17)13-22(19)14-27(15-22)21(29)18-9-23-25(3)11-18/h4-9,11,16,19H,10,12-15H2,1-3H3,(H,24,28). The highest BCUT2D eigenvalue weighted by atomic mass is 16.2. The van der Waals surface area contributed by atoms with E-state index in [0.717, 1.165) is 19.6 Å². The monoisotopic (exact) mass is 395 g/mol. The van der Waals surface area contributed by atoms with Gasteiger partial charge in [0, 0.05) is 57.4 Å². The van der Waals surface area contributed by atoms with E-state index in [1.165, 1.54) is 5.56 Å². The lowest BCUT2D eigenvalue weighted by atomic mass is 9.71. The minimum Gasteiger partial charge on any atom is -0.354 e. The number of hydrogen-bond acceptors (Lipinski definition) is 4. The van der Waals surface area contributed by atoms with E-state index >= 15 is 0 Å². The van der Waals surface area contributed by atoms with Gasteiger partial charge < -0.3 is 10.2 Å². The summed E-state index contributed by atoms with van der Waals surface area (Å²) in [6, 6.07) is 10.4. The van der Waals surface area contributed by atoms with Gasteiger partial charge in [0.15, 0.2) is 0 Å². The molecule has 1 spiro atoms. The van der Waals surface area contributed by atoms with E-state index in [-0.39, 0.29) is 29.2 Å². The number of aromatic nitrogens is 2. The predicted octanol–water partition coefficient (Wildman–Crippen LogP) is 1.52. The summed E-state index contributed by atoms with van der Waals surface area (Å²) < 4.78 is 1.64. The van der Waals surface area contributed by atoms with Crippen molar-refractivity contribution in [1.29, 1.82) is 0 Å². The molecule has 1 aromatic heterocycles. The van der Waals surface area contributed by atoms with Crippen LogP contribution in [0.3, 0.4) is 0 Å². The van der Waals surface area contributed by atoms with Gasteiger partial charge in [-0.25, -0.2) is 0 Å². The van der Waals surface area contributed by atoms with Crippen molar-refractivity contribution in [2.24, 2.45) is 18.4 Å². The Morgan fingerprint density at radius 1 is 1.21 bits per heavy atom. The van der Waals surface area contributed by atoms with E-state index in [0.29, 0.717) is 18.7 Å². The summed E-state index contributed by atoms with van der Waals surface area (Å²) in [7, 11) is 1.80. The molecule has 2 saturated heterocycles. The molecule has 1 unspecified atom stereocenters. The minimum atomic E-state index is -0.175. The Hall–Kier alpha value is -2.67. The Balaban J connectivity index is 1.48. The van der Waals surface area contributed by atoms with Gasteiger partial charge in [-0.3, -0.25) is 19.2 Å². The first-order valence-corrected chi connectivity index (χ1v) is 10.2. The molecule has 154 valence electrons. The molecule has 2 aliphatic rings. The molecular formula is C22H29N5O2. The number of carbonyl (C=O) groups is 2. The molecule has 2 aromatic rings. The molecule has 2 fully saturated rings. The number of amides is 2. The van der Waals surface area contributed by atoms with Gasteiger partial charge in [-0.15, -0.1) is 0 Å². The molecule has 2 amide bonds. The molecule has 0 saturated carbocycles. The zero-order chi connectivity index (χ0) is 20.6. The van der Waals surface area contributed by atoms with Gasteiger partial charge in [-0.1, -0.05) is 30.3 Å². The Bertz CT molecular complexity index is 886. The summed E-state index contributed by atoms with van der Waals surface area (Å²) in [5.74, 6) is -0.0103. The highest BCUT2D eigenvalue weighted by Gasteiger charge is 2.57. The van der Waals surface area contributed by atoms with Gasteiger partial charge >= 0.3 is 0 Å². The highest BCUT2D eigenvalue weighted by Crippen LogP contribution is 2.45. The van der Waals surface area contributed by atoms with Crippen molar-refractivity contribution in [3.63, 3.8) is 0 Å². The molecule has 4 rings (SSSR count). The summed E-state index contributed by atoms with van der Waals surface area (Å²) in [6.45, 7) is 7.58. The van der Waals surface area contributed by atoms with Crippen molar-refractivity contribution in [3.05, 3.63) is 53.9 Å². The van der Waals surface area contributed by atoms with Crippen LogP contribution in [0.25, 0.3) is 0 Å². The van der Waals surface area contributed by atoms with Gasteiger partial charge in [-0.05, 0) is 19.4 Å². The summed E-state index contributed by atoms with van der Waals surface area (Å²) in [4.78, 5) is 29.9. The maximum Gasteiger partial charge on any atom is 0.257 e. The van der Waals surface area contributed by atoms with Crippen LogP contribution in [0.2, 0.25) is 0 Å².